The smallest absolute Gasteiger partial charge is 0.341 e. The molecule has 9 heteroatoms. The van der Waals surface area contributed by atoms with E-state index in [1.165, 1.54) is 22.7 Å². The van der Waals surface area contributed by atoms with Gasteiger partial charge >= 0.3 is 5.97 Å². The lowest BCUT2D eigenvalue weighted by molar-refractivity contribution is 0.0526. The van der Waals surface area contributed by atoms with Gasteiger partial charge in [0.15, 0.2) is 0 Å². The summed E-state index contributed by atoms with van der Waals surface area (Å²) in [5.41, 5.74) is 9.67. The molecule has 0 aromatic carbocycles. The second-order valence-electron chi connectivity index (χ2n) is 7.70. The van der Waals surface area contributed by atoms with Crippen molar-refractivity contribution in [3.05, 3.63) is 57.4 Å². The van der Waals surface area contributed by atoms with Gasteiger partial charge in [0.2, 0.25) is 0 Å². The first kappa shape index (κ1) is 21.5. The summed E-state index contributed by atoms with van der Waals surface area (Å²) in [7, 11) is 0. The predicted molar refractivity (Wildman–Crippen MR) is 132 cm³/mol. The van der Waals surface area contributed by atoms with Gasteiger partial charge in [0.1, 0.15) is 14.7 Å². The summed E-state index contributed by atoms with van der Waals surface area (Å²) in [4.78, 5) is 37.1. The molecule has 0 saturated carbocycles. The number of pyridine rings is 2. The molecule has 0 saturated heterocycles. The molecule has 0 atom stereocenters. The third kappa shape index (κ3) is 3.98. The predicted octanol–water partition coefficient (Wildman–Crippen LogP) is 5.31. The second kappa shape index (κ2) is 8.92. The molecule has 7 nitrogen and oxygen atoms in total. The normalized spacial score (nSPS) is 13.0. The molecule has 1 aliphatic rings. The van der Waals surface area contributed by atoms with Crippen LogP contribution in [0.2, 0.25) is 0 Å². The zero-order valence-electron chi connectivity index (χ0n) is 18.0. The van der Waals surface area contributed by atoms with Crippen molar-refractivity contribution < 1.29 is 14.3 Å². The van der Waals surface area contributed by atoms with Gasteiger partial charge in [-0.15, -0.1) is 22.7 Å². The van der Waals surface area contributed by atoms with E-state index in [-0.39, 0.29) is 12.5 Å². The van der Waals surface area contributed by atoms with Crippen molar-refractivity contribution in [2.24, 2.45) is 0 Å². The summed E-state index contributed by atoms with van der Waals surface area (Å²) >= 11 is 2.69. The Kier molecular flexibility index (Phi) is 5.82. The summed E-state index contributed by atoms with van der Waals surface area (Å²) in [6.45, 7) is 2.06. The number of carbonyl (C=O) groups is 2. The number of nitrogens with zero attached hydrogens (tertiary/aromatic N) is 2. The molecule has 5 rings (SSSR count). The lowest BCUT2D eigenvalue weighted by Gasteiger charge is -2.12. The zero-order valence-corrected chi connectivity index (χ0v) is 19.6. The second-order valence-corrected chi connectivity index (χ2v) is 9.80. The highest BCUT2D eigenvalue weighted by Gasteiger charge is 2.28. The molecule has 0 fully saturated rings. The molecule has 0 unspecified atom stereocenters. The number of nitrogens with two attached hydrogens (primary N) is 1. The van der Waals surface area contributed by atoms with Crippen LogP contribution in [0.15, 0.2) is 36.5 Å². The van der Waals surface area contributed by atoms with Crippen LogP contribution in [0.1, 0.15) is 50.2 Å². The maximum atomic E-state index is 13.2. The van der Waals surface area contributed by atoms with Crippen LogP contribution < -0.4 is 11.1 Å². The van der Waals surface area contributed by atoms with Crippen LogP contribution in [0.5, 0.6) is 0 Å². The number of ether oxygens (including phenoxy) is 1. The Balaban J connectivity index is 1.49. The number of thiophene rings is 2. The number of hydrogen-bond donors (Lipinski definition) is 2. The van der Waals surface area contributed by atoms with E-state index >= 15 is 0 Å². The van der Waals surface area contributed by atoms with Crippen LogP contribution in [0.25, 0.3) is 21.6 Å². The molecule has 4 aromatic rings. The van der Waals surface area contributed by atoms with Gasteiger partial charge in [-0.1, -0.05) is 6.07 Å². The molecule has 0 bridgehead atoms. The third-order valence-electron chi connectivity index (χ3n) is 5.61. The van der Waals surface area contributed by atoms with Crippen molar-refractivity contribution in [1.82, 2.24) is 9.97 Å². The molecule has 168 valence electrons. The minimum atomic E-state index is -0.391. The molecule has 3 N–H and O–H groups in total. The highest BCUT2D eigenvalue weighted by atomic mass is 32.1. The van der Waals surface area contributed by atoms with Crippen molar-refractivity contribution in [1.29, 1.82) is 0 Å². The maximum Gasteiger partial charge on any atom is 0.341 e. The number of anilines is 2. The van der Waals surface area contributed by atoms with E-state index in [0.29, 0.717) is 31.7 Å². The number of esters is 1. The van der Waals surface area contributed by atoms with Crippen molar-refractivity contribution in [2.75, 3.05) is 17.7 Å². The van der Waals surface area contributed by atoms with Gasteiger partial charge in [0, 0.05) is 16.5 Å². The Hall–Kier alpha value is -3.30. The number of nitrogen functional groups attached to an aromatic ring is 1. The third-order valence-corrected chi connectivity index (χ3v) is 7.93. The average Bonchev–Trinajstić information content (AvgIpc) is 3.36. The molecule has 4 aromatic heterocycles. The van der Waals surface area contributed by atoms with Crippen LogP contribution in [-0.4, -0.2) is 28.5 Å². The summed E-state index contributed by atoms with van der Waals surface area (Å²) < 4.78 is 5.29. The number of fused-ring (bicyclic) bond motifs is 2. The van der Waals surface area contributed by atoms with E-state index in [1.54, 1.807) is 13.1 Å². The Labute approximate surface area is 198 Å². The summed E-state index contributed by atoms with van der Waals surface area (Å²) in [5, 5.41) is 4.20. The number of aromatic nitrogens is 2. The molecular formula is C24H22N4O3S2. The average molecular weight is 479 g/mol. The number of rotatable bonds is 5. The van der Waals surface area contributed by atoms with Crippen LogP contribution in [0, 0.1) is 0 Å². The zero-order chi connectivity index (χ0) is 22.9. The SMILES string of the molecule is CCOC(=O)c1c(NC(=O)c2sc3nc(-c4ccccn4)ccc3c2N)sc2c1CCCC2. The van der Waals surface area contributed by atoms with E-state index in [1.807, 2.05) is 30.3 Å². The Bertz CT molecular complexity index is 1360. The van der Waals surface area contributed by atoms with Crippen molar-refractivity contribution in [2.45, 2.75) is 32.6 Å². The first-order valence-electron chi connectivity index (χ1n) is 10.8. The molecule has 0 spiro atoms. The number of nitrogens with one attached hydrogen (secondary N) is 1. The highest BCUT2D eigenvalue weighted by molar-refractivity contribution is 7.21. The molecular weight excluding hydrogens is 456 g/mol. The van der Waals surface area contributed by atoms with E-state index in [9.17, 15) is 9.59 Å². The molecule has 1 amide bonds. The lowest BCUT2D eigenvalue weighted by atomic mass is 9.95. The van der Waals surface area contributed by atoms with Crippen LogP contribution in [-0.2, 0) is 17.6 Å². The molecule has 33 heavy (non-hydrogen) atoms. The molecule has 1 aliphatic carbocycles. The molecule has 4 heterocycles. The van der Waals surface area contributed by atoms with Gasteiger partial charge in [0.05, 0.1) is 29.2 Å². The summed E-state index contributed by atoms with van der Waals surface area (Å²) in [5.74, 6) is -0.739. The lowest BCUT2D eigenvalue weighted by Crippen LogP contribution is -2.15. The van der Waals surface area contributed by atoms with E-state index < -0.39 is 5.97 Å². The quantitative estimate of drug-likeness (QED) is 0.377. The van der Waals surface area contributed by atoms with Gasteiger partial charge in [0.25, 0.3) is 5.91 Å². The first-order chi connectivity index (χ1) is 16.1. The minimum Gasteiger partial charge on any atom is -0.462 e. The van der Waals surface area contributed by atoms with Crippen molar-refractivity contribution in [3.8, 4) is 11.4 Å². The molecule has 0 aliphatic heterocycles. The van der Waals surface area contributed by atoms with E-state index in [0.717, 1.165) is 47.2 Å². The van der Waals surface area contributed by atoms with Gasteiger partial charge in [-0.2, -0.15) is 0 Å². The largest absolute Gasteiger partial charge is 0.462 e. The Morgan fingerprint density at radius 2 is 1.97 bits per heavy atom. The van der Waals surface area contributed by atoms with Gasteiger partial charge in [-0.3, -0.25) is 9.78 Å². The number of carbonyl (C=O) groups excluding carboxylic acids is 2. The Morgan fingerprint density at radius 3 is 2.76 bits per heavy atom. The molecule has 0 radical (unpaired) electrons. The topological polar surface area (TPSA) is 107 Å². The highest BCUT2D eigenvalue weighted by Crippen LogP contribution is 2.40. The van der Waals surface area contributed by atoms with E-state index in [4.69, 9.17) is 10.5 Å². The monoisotopic (exact) mass is 478 g/mol. The standard InChI is InChI=1S/C24H22N4O3S2/c1-2-31-24(30)18-13-7-3-4-9-17(13)32-23(18)28-21(29)20-19(25)14-10-11-16(27-22(14)33-20)15-8-5-6-12-26-15/h5-6,8,10-12H,2-4,7,9,25H2,1H3,(H,28,29). The minimum absolute atomic E-state index is 0.282. The number of hydrogen-bond acceptors (Lipinski definition) is 8. The maximum absolute atomic E-state index is 13.2. The number of aryl methyl sites for hydroxylation is 1. The first-order valence-corrected chi connectivity index (χ1v) is 12.4. The summed E-state index contributed by atoms with van der Waals surface area (Å²) in [6, 6.07) is 9.34. The van der Waals surface area contributed by atoms with Crippen molar-refractivity contribution >= 4 is 55.5 Å². The fourth-order valence-corrected chi connectivity index (χ4v) is 6.32. The van der Waals surface area contributed by atoms with Crippen LogP contribution in [0.4, 0.5) is 10.7 Å². The van der Waals surface area contributed by atoms with E-state index in [2.05, 4.69) is 15.3 Å². The Morgan fingerprint density at radius 1 is 1.12 bits per heavy atom. The summed E-state index contributed by atoms with van der Waals surface area (Å²) in [6.07, 6.45) is 5.55. The van der Waals surface area contributed by atoms with Crippen LogP contribution >= 0.6 is 22.7 Å². The van der Waals surface area contributed by atoms with Crippen molar-refractivity contribution in [3.63, 3.8) is 0 Å². The fourth-order valence-electron chi connectivity index (χ4n) is 4.06. The number of amides is 1. The van der Waals surface area contributed by atoms with Gasteiger partial charge < -0.3 is 15.8 Å². The fraction of sp³-hybridized carbons (Fsp3) is 0.250. The van der Waals surface area contributed by atoms with Gasteiger partial charge in [-0.05, 0) is 62.4 Å². The van der Waals surface area contributed by atoms with Gasteiger partial charge in [-0.25, -0.2) is 9.78 Å². The van der Waals surface area contributed by atoms with Crippen LogP contribution in [0.3, 0.4) is 0 Å².